The Kier molecular flexibility index (Phi) is 5.83. The van der Waals surface area contributed by atoms with E-state index in [-0.39, 0.29) is 29.7 Å². The van der Waals surface area contributed by atoms with Crippen LogP contribution in [0, 0.1) is 22.7 Å². The molecule has 1 aliphatic carbocycles. The molecule has 32 heavy (non-hydrogen) atoms. The van der Waals surface area contributed by atoms with E-state index in [0.717, 1.165) is 23.3 Å². The first-order valence-corrected chi connectivity index (χ1v) is 12.5. The van der Waals surface area contributed by atoms with Crippen molar-refractivity contribution in [2.45, 2.75) is 30.7 Å². The summed E-state index contributed by atoms with van der Waals surface area (Å²) < 4.78 is 96.1. The van der Waals surface area contributed by atoms with E-state index in [1.807, 2.05) is 4.72 Å². The van der Waals surface area contributed by atoms with Crippen molar-refractivity contribution in [2.24, 2.45) is 5.92 Å². The van der Waals surface area contributed by atoms with Gasteiger partial charge in [0.15, 0.2) is 5.13 Å². The monoisotopic (exact) mass is 494 g/mol. The number of likely N-dealkylation sites (tertiary alicyclic amines) is 1. The van der Waals surface area contributed by atoms with E-state index in [4.69, 9.17) is 0 Å². The first-order chi connectivity index (χ1) is 14.9. The number of piperidine rings is 1. The zero-order chi connectivity index (χ0) is 23.4. The minimum absolute atomic E-state index is 0.0326. The van der Waals surface area contributed by atoms with Crippen LogP contribution in [0.5, 0.6) is 0 Å². The number of rotatable bonds is 5. The molecule has 1 N–H and O–H groups in total. The van der Waals surface area contributed by atoms with Crippen molar-refractivity contribution in [2.75, 3.05) is 19.3 Å². The van der Waals surface area contributed by atoms with Gasteiger partial charge in [-0.1, -0.05) is 6.07 Å². The molecule has 2 fully saturated rings. The molecular formula is C20H19F5N2O3S2. The van der Waals surface area contributed by atoms with Crippen molar-refractivity contribution in [1.29, 1.82) is 0 Å². The number of halogens is 5. The Hall–Kier alpha value is -2.05. The molecule has 1 saturated heterocycles. The maximum atomic E-state index is 14.6. The molecular weight excluding hydrogens is 475 g/mol. The summed E-state index contributed by atoms with van der Waals surface area (Å²) in [6.45, 7) is -0.805. The SMILES string of the molecule is CS(=O)(=O)N[C@@H]1CN(C(=O)C2CC2c2c(-c3c(F)cccc3F)csc2F)CCC1(F)F. The van der Waals surface area contributed by atoms with Gasteiger partial charge in [0.25, 0.3) is 5.92 Å². The van der Waals surface area contributed by atoms with Gasteiger partial charge in [-0.3, -0.25) is 4.79 Å². The van der Waals surface area contributed by atoms with E-state index < -0.39 is 69.5 Å². The van der Waals surface area contributed by atoms with Crippen molar-refractivity contribution in [3.05, 3.63) is 45.9 Å². The molecule has 3 atom stereocenters. The van der Waals surface area contributed by atoms with E-state index in [9.17, 15) is 35.2 Å². The topological polar surface area (TPSA) is 66.5 Å². The third-order valence-electron chi connectivity index (χ3n) is 5.79. The summed E-state index contributed by atoms with van der Waals surface area (Å²) in [5.41, 5.74) is -0.313. The maximum absolute atomic E-state index is 14.6. The van der Waals surface area contributed by atoms with Crippen molar-refractivity contribution >= 4 is 27.3 Å². The summed E-state index contributed by atoms with van der Waals surface area (Å²) in [5.74, 6) is -6.94. The third kappa shape index (κ3) is 4.40. The van der Waals surface area contributed by atoms with Crippen molar-refractivity contribution in [3.63, 3.8) is 0 Å². The highest BCUT2D eigenvalue weighted by Crippen LogP contribution is 2.54. The number of nitrogens with zero attached hydrogens (tertiary/aromatic N) is 1. The normalized spacial score (nSPS) is 25.1. The number of hydrogen-bond donors (Lipinski definition) is 1. The van der Waals surface area contributed by atoms with Gasteiger partial charge in [0, 0.05) is 47.9 Å². The van der Waals surface area contributed by atoms with Gasteiger partial charge in [-0.15, -0.1) is 11.3 Å². The first-order valence-electron chi connectivity index (χ1n) is 9.74. The number of alkyl halides is 2. The van der Waals surface area contributed by atoms with Gasteiger partial charge < -0.3 is 4.90 Å². The number of hydrogen-bond acceptors (Lipinski definition) is 4. The van der Waals surface area contributed by atoms with Crippen LogP contribution in [0.2, 0.25) is 0 Å². The van der Waals surface area contributed by atoms with Gasteiger partial charge in [-0.05, 0) is 18.6 Å². The van der Waals surface area contributed by atoms with Crippen LogP contribution in [-0.4, -0.2) is 50.5 Å². The molecule has 1 aliphatic heterocycles. The molecule has 2 aromatic rings. The predicted octanol–water partition coefficient (Wildman–Crippen LogP) is 3.72. The fraction of sp³-hybridized carbons (Fsp3) is 0.450. The molecule has 4 rings (SSSR count). The number of thiophene rings is 1. The van der Waals surface area contributed by atoms with E-state index in [1.54, 1.807) is 0 Å². The van der Waals surface area contributed by atoms with Crippen molar-refractivity contribution in [3.8, 4) is 11.1 Å². The van der Waals surface area contributed by atoms with E-state index in [1.165, 1.54) is 11.4 Å². The first kappa shape index (κ1) is 23.1. The van der Waals surface area contributed by atoms with Gasteiger partial charge in [-0.2, -0.15) is 4.39 Å². The highest BCUT2D eigenvalue weighted by molar-refractivity contribution is 7.88. The van der Waals surface area contributed by atoms with Crippen LogP contribution >= 0.6 is 11.3 Å². The minimum atomic E-state index is -3.93. The highest BCUT2D eigenvalue weighted by atomic mass is 32.2. The van der Waals surface area contributed by atoms with Gasteiger partial charge in [0.2, 0.25) is 15.9 Å². The number of amides is 1. The van der Waals surface area contributed by atoms with Gasteiger partial charge in [-0.25, -0.2) is 30.7 Å². The van der Waals surface area contributed by atoms with Gasteiger partial charge in [0.05, 0.1) is 11.8 Å². The smallest absolute Gasteiger partial charge is 0.267 e. The molecule has 1 aromatic heterocycles. The third-order valence-corrected chi connectivity index (χ3v) is 7.28. The van der Waals surface area contributed by atoms with Crippen LogP contribution in [0.15, 0.2) is 23.6 Å². The molecule has 1 aromatic carbocycles. The lowest BCUT2D eigenvalue weighted by Gasteiger charge is -2.38. The molecule has 174 valence electrons. The van der Waals surface area contributed by atoms with E-state index >= 15 is 0 Å². The summed E-state index contributed by atoms with van der Waals surface area (Å²) in [6.07, 6.45) is 0.234. The van der Waals surface area contributed by atoms with Crippen LogP contribution in [0.25, 0.3) is 11.1 Å². The zero-order valence-electron chi connectivity index (χ0n) is 16.7. The average molecular weight is 495 g/mol. The van der Waals surface area contributed by atoms with Gasteiger partial charge in [0.1, 0.15) is 17.7 Å². The molecule has 12 heteroatoms. The standard InChI is InChI=1S/C20H19F5N2O3S2/c1-32(29,30)26-15-8-27(6-5-20(15,24)25)19(28)11-7-10(11)16-12(9-31-18(16)23)17-13(21)3-2-4-14(17)22/h2-4,9-11,15,26H,5-8H2,1H3/t10?,11?,15-/m1/s1. The second-order valence-corrected chi connectivity index (χ2v) is 10.7. The molecule has 2 heterocycles. The van der Waals surface area contributed by atoms with Crippen molar-refractivity contribution < 1.29 is 35.2 Å². The maximum Gasteiger partial charge on any atom is 0.267 e. The zero-order valence-corrected chi connectivity index (χ0v) is 18.4. The number of benzene rings is 1. The van der Waals surface area contributed by atoms with Crippen LogP contribution in [0.4, 0.5) is 22.0 Å². The Balaban J connectivity index is 1.55. The molecule has 5 nitrogen and oxygen atoms in total. The average Bonchev–Trinajstić information content (AvgIpc) is 3.37. The molecule has 1 saturated carbocycles. The summed E-state index contributed by atoms with van der Waals surface area (Å²) in [6, 6.07) is 1.52. The predicted molar refractivity (Wildman–Crippen MR) is 108 cm³/mol. The minimum Gasteiger partial charge on any atom is -0.340 e. The van der Waals surface area contributed by atoms with Crippen LogP contribution < -0.4 is 4.72 Å². The number of nitrogens with one attached hydrogen (secondary N) is 1. The molecule has 1 amide bonds. The van der Waals surface area contributed by atoms with Gasteiger partial charge >= 0.3 is 0 Å². The number of carbonyl (C=O) groups excluding carboxylic acids is 1. The Morgan fingerprint density at radius 3 is 2.50 bits per heavy atom. The van der Waals surface area contributed by atoms with E-state index in [2.05, 4.69) is 0 Å². The van der Waals surface area contributed by atoms with E-state index in [0.29, 0.717) is 11.3 Å². The molecule has 2 aliphatic rings. The van der Waals surface area contributed by atoms with Crippen molar-refractivity contribution in [1.82, 2.24) is 9.62 Å². The molecule has 0 spiro atoms. The lowest BCUT2D eigenvalue weighted by molar-refractivity contribution is -0.141. The lowest BCUT2D eigenvalue weighted by atomic mass is 9.98. The lowest BCUT2D eigenvalue weighted by Crippen LogP contribution is -2.59. The summed E-state index contributed by atoms with van der Waals surface area (Å²) in [4.78, 5) is 14.1. The molecule has 0 radical (unpaired) electrons. The fourth-order valence-corrected chi connectivity index (χ4v) is 5.76. The highest BCUT2D eigenvalue weighted by Gasteiger charge is 2.52. The summed E-state index contributed by atoms with van der Waals surface area (Å²) in [7, 11) is -3.93. The second kappa shape index (κ2) is 8.07. The Morgan fingerprint density at radius 1 is 1.22 bits per heavy atom. The summed E-state index contributed by atoms with van der Waals surface area (Å²) in [5, 5.41) is 0.629. The largest absolute Gasteiger partial charge is 0.340 e. The van der Waals surface area contributed by atoms with Crippen LogP contribution in [0.1, 0.15) is 24.3 Å². The second-order valence-electron chi connectivity index (χ2n) is 8.12. The number of sulfonamides is 1. The summed E-state index contributed by atoms with van der Waals surface area (Å²) >= 11 is 0.667. The molecule has 2 unspecified atom stereocenters. The quantitative estimate of drug-likeness (QED) is 0.645. The Morgan fingerprint density at radius 2 is 1.88 bits per heavy atom. The van der Waals surface area contributed by atoms with Crippen LogP contribution in [-0.2, 0) is 14.8 Å². The number of carbonyl (C=O) groups is 1. The van der Waals surface area contributed by atoms with Crippen LogP contribution in [0.3, 0.4) is 0 Å². The Bertz CT molecular complexity index is 1150. The molecule has 0 bridgehead atoms. The Labute approximate surface area is 185 Å². The fourth-order valence-electron chi connectivity index (χ4n) is 4.14.